The topological polar surface area (TPSA) is 56.2 Å². The van der Waals surface area contributed by atoms with Crippen molar-refractivity contribution < 1.29 is 9.47 Å². The summed E-state index contributed by atoms with van der Waals surface area (Å²) < 4.78 is 12.7. The normalized spacial score (nSPS) is 19.7. The minimum Gasteiger partial charge on any atom is -0.494 e. The molecular formula is C14H18N2O3. The number of para-hydroxylation sites is 1. The van der Waals surface area contributed by atoms with Crippen molar-refractivity contribution >= 4 is 11.0 Å². The minimum atomic E-state index is -0.103. The van der Waals surface area contributed by atoms with E-state index in [1.807, 2.05) is 18.2 Å². The zero-order valence-electron chi connectivity index (χ0n) is 11.0. The van der Waals surface area contributed by atoms with Crippen molar-refractivity contribution in [1.29, 1.82) is 0 Å². The Balaban J connectivity index is 1.98. The molecule has 0 bridgehead atoms. The molecule has 5 heteroatoms. The Bertz CT molecular complexity index is 623. The number of rotatable bonds is 3. The lowest BCUT2D eigenvalue weighted by Crippen LogP contribution is -2.29. The molecule has 1 unspecified atom stereocenters. The highest BCUT2D eigenvalue weighted by molar-refractivity contribution is 5.81. The number of methoxy groups -OCH3 is 1. The maximum absolute atomic E-state index is 12.1. The quantitative estimate of drug-likeness (QED) is 0.919. The molecule has 0 spiro atoms. The van der Waals surface area contributed by atoms with E-state index in [4.69, 9.17) is 9.47 Å². The lowest BCUT2D eigenvalue weighted by atomic mass is 10.1. The number of nitrogens with one attached hydrogen (secondary N) is 1. The van der Waals surface area contributed by atoms with E-state index >= 15 is 0 Å². The van der Waals surface area contributed by atoms with Crippen molar-refractivity contribution in [3.8, 4) is 5.75 Å². The third-order valence-electron chi connectivity index (χ3n) is 3.65. The Morgan fingerprint density at radius 3 is 3.11 bits per heavy atom. The van der Waals surface area contributed by atoms with E-state index in [1.165, 1.54) is 6.42 Å². The van der Waals surface area contributed by atoms with Gasteiger partial charge in [-0.1, -0.05) is 6.07 Å². The molecule has 0 saturated carbocycles. The summed E-state index contributed by atoms with van der Waals surface area (Å²) >= 11 is 0. The Labute approximate surface area is 111 Å². The molecular weight excluding hydrogens is 244 g/mol. The van der Waals surface area contributed by atoms with E-state index in [1.54, 1.807) is 11.7 Å². The van der Waals surface area contributed by atoms with Gasteiger partial charge in [0.05, 0.1) is 25.3 Å². The van der Waals surface area contributed by atoms with Crippen molar-refractivity contribution in [3.05, 3.63) is 28.7 Å². The van der Waals surface area contributed by atoms with Crippen LogP contribution in [0.25, 0.3) is 11.0 Å². The SMILES string of the molecule is COc1cccc2c1[nH]c(=O)n2CC1CCCCO1. The van der Waals surface area contributed by atoms with Crippen molar-refractivity contribution in [3.63, 3.8) is 0 Å². The number of benzene rings is 1. The molecule has 1 aliphatic rings. The van der Waals surface area contributed by atoms with Crippen LogP contribution < -0.4 is 10.4 Å². The molecule has 1 atom stereocenters. The van der Waals surface area contributed by atoms with E-state index in [0.29, 0.717) is 12.3 Å². The van der Waals surface area contributed by atoms with Gasteiger partial charge < -0.3 is 14.5 Å². The van der Waals surface area contributed by atoms with Gasteiger partial charge >= 0.3 is 5.69 Å². The first-order valence-corrected chi connectivity index (χ1v) is 6.66. The number of imidazole rings is 1. The van der Waals surface area contributed by atoms with Gasteiger partial charge in [-0.25, -0.2) is 4.79 Å². The molecule has 0 aliphatic carbocycles. The van der Waals surface area contributed by atoms with Gasteiger partial charge in [0.25, 0.3) is 0 Å². The molecule has 0 amide bonds. The van der Waals surface area contributed by atoms with Gasteiger partial charge in [-0.3, -0.25) is 4.57 Å². The summed E-state index contributed by atoms with van der Waals surface area (Å²) in [5, 5.41) is 0. The van der Waals surface area contributed by atoms with Crippen LogP contribution in [0.4, 0.5) is 0 Å². The summed E-state index contributed by atoms with van der Waals surface area (Å²) in [6.07, 6.45) is 3.44. The monoisotopic (exact) mass is 262 g/mol. The van der Waals surface area contributed by atoms with Gasteiger partial charge in [0.1, 0.15) is 11.3 Å². The van der Waals surface area contributed by atoms with Gasteiger partial charge in [0, 0.05) is 6.61 Å². The zero-order chi connectivity index (χ0) is 13.2. The molecule has 1 aromatic carbocycles. The molecule has 102 valence electrons. The van der Waals surface area contributed by atoms with Crippen LogP contribution in [0.15, 0.2) is 23.0 Å². The number of aromatic nitrogens is 2. The molecule has 1 aliphatic heterocycles. The summed E-state index contributed by atoms with van der Waals surface area (Å²) in [6.45, 7) is 1.40. The fourth-order valence-corrected chi connectivity index (χ4v) is 2.66. The predicted molar refractivity (Wildman–Crippen MR) is 72.7 cm³/mol. The van der Waals surface area contributed by atoms with Crippen LogP contribution in [0.3, 0.4) is 0 Å². The highest BCUT2D eigenvalue weighted by Gasteiger charge is 2.18. The van der Waals surface area contributed by atoms with Gasteiger partial charge in [-0.05, 0) is 31.4 Å². The molecule has 19 heavy (non-hydrogen) atoms. The molecule has 1 fully saturated rings. The van der Waals surface area contributed by atoms with E-state index in [9.17, 15) is 4.79 Å². The van der Waals surface area contributed by atoms with Crippen LogP contribution in [0.5, 0.6) is 5.75 Å². The second-order valence-corrected chi connectivity index (χ2v) is 4.88. The fourth-order valence-electron chi connectivity index (χ4n) is 2.66. The average molecular weight is 262 g/mol. The molecule has 1 saturated heterocycles. The Hall–Kier alpha value is -1.75. The summed E-state index contributed by atoms with van der Waals surface area (Å²) in [7, 11) is 1.61. The number of H-pyrrole nitrogens is 1. The van der Waals surface area contributed by atoms with Crippen molar-refractivity contribution in [1.82, 2.24) is 9.55 Å². The van der Waals surface area contributed by atoms with Crippen molar-refractivity contribution in [2.45, 2.75) is 31.9 Å². The fraction of sp³-hybridized carbons (Fsp3) is 0.500. The van der Waals surface area contributed by atoms with Gasteiger partial charge in [-0.15, -0.1) is 0 Å². The van der Waals surface area contributed by atoms with Crippen LogP contribution in [-0.4, -0.2) is 29.4 Å². The first-order chi connectivity index (χ1) is 9.29. The van der Waals surface area contributed by atoms with Crippen LogP contribution in [-0.2, 0) is 11.3 Å². The first-order valence-electron chi connectivity index (χ1n) is 6.66. The molecule has 0 radical (unpaired) electrons. The third kappa shape index (κ3) is 2.26. The van der Waals surface area contributed by atoms with Crippen molar-refractivity contribution in [2.75, 3.05) is 13.7 Å². The van der Waals surface area contributed by atoms with E-state index < -0.39 is 0 Å². The third-order valence-corrected chi connectivity index (χ3v) is 3.65. The van der Waals surface area contributed by atoms with Crippen LogP contribution in [0, 0.1) is 0 Å². The predicted octanol–water partition coefficient (Wildman–Crippen LogP) is 1.91. The molecule has 2 heterocycles. The molecule has 1 aromatic heterocycles. The summed E-state index contributed by atoms with van der Waals surface area (Å²) in [5.74, 6) is 0.693. The number of nitrogens with zero attached hydrogens (tertiary/aromatic N) is 1. The highest BCUT2D eigenvalue weighted by atomic mass is 16.5. The Morgan fingerprint density at radius 1 is 1.47 bits per heavy atom. The lowest BCUT2D eigenvalue weighted by Gasteiger charge is -2.22. The number of hydrogen-bond donors (Lipinski definition) is 1. The number of hydrogen-bond acceptors (Lipinski definition) is 3. The summed E-state index contributed by atoms with van der Waals surface area (Å²) in [4.78, 5) is 14.9. The number of ether oxygens (including phenoxy) is 2. The molecule has 1 N–H and O–H groups in total. The van der Waals surface area contributed by atoms with Gasteiger partial charge in [-0.2, -0.15) is 0 Å². The van der Waals surface area contributed by atoms with Crippen LogP contribution >= 0.6 is 0 Å². The Kier molecular flexibility index (Phi) is 3.29. The van der Waals surface area contributed by atoms with Crippen LogP contribution in [0.2, 0.25) is 0 Å². The lowest BCUT2D eigenvalue weighted by molar-refractivity contribution is 0.00613. The van der Waals surface area contributed by atoms with Crippen molar-refractivity contribution in [2.24, 2.45) is 0 Å². The smallest absolute Gasteiger partial charge is 0.326 e. The number of aromatic amines is 1. The van der Waals surface area contributed by atoms with E-state index in [-0.39, 0.29) is 11.8 Å². The summed E-state index contributed by atoms with van der Waals surface area (Å²) in [5.41, 5.74) is 1.53. The summed E-state index contributed by atoms with van der Waals surface area (Å²) in [6, 6.07) is 5.67. The maximum Gasteiger partial charge on any atom is 0.326 e. The average Bonchev–Trinajstić information content (AvgIpc) is 2.76. The second-order valence-electron chi connectivity index (χ2n) is 4.88. The van der Waals surface area contributed by atoms with Gasteiger partial charge in [0.2, 0.25) is 0 Å². The second kappa shape index (κ2) is 5.09. The largest absolute Gasteiger partial charge is 0.494 e. The number of fused-ring (bicyclic) bond motifs is 1. The van der Waals surface area contributed by atoms with Crippen LogP contribution in [0.1, 0.15) is 19.3 Å². The standard InChI is InChI=1S/C14H18N2O3/c1-18-12-7-4-6-11-13(12)15-14(17)16(11)9-10-5-2-3-8-19-10/h4,6-7,10H,2-3,5,8-9H2,1H3,(H,15,17). The minimum absolute atomic E-state index is 0.103. The molecule has 5 nitrogen and oxygen atoms in total. The van der Waals surface area contributed by atoms with E-state index in [2.05, 4.69) is 4.98 Å². The van der Waals surface area contributed by atoms with Gasteiger partial charge in [0.15, 0.2) is 0 Å². The molecule has 2 aromatic rings. The Morgan fingerprint density at radius 2 is 2.37 bits per heavy atom. The first kappa shape index (κ1) is 12.3. The molecule has 3 rings (SSSR count). The maximum atomic E-state index is 12.1. The highest BCUT2D eigenvalue weighted by Crippen LogP contribution is 2.23. The van der Waals surface area contributed by atoms with E-state index in [0.717, 1.165) is 30.5 Å². The zero-order valence-corrected chi connectivity index (χ0v) is 11.0.